The van der Waals surface area contributed by atoms with E-state index in [0.717, 1.165) is 11.1 Å². The van der Waals surface area contributed by atoms with Crippen LogP contribution in [-0.4, -0.2) is 10.9 Å². The molecule has 134 valence electrons. The van der Waals surface area contributed by atoms with Crippen molar-refractivity contribution >= 4 is 29.1 Å². The van der Waals surface area contributed by atoms with Crippen molar-refractivity contribution in [1.29, 1.82) is 0 Å². The molecule has 6 heteroatoms. The summed E-state index contributed by atoms with van der Waals surface area (Å²) in [5.41, 5.74) is 1.79. The summed E-state index contributed by atoms with van der Waals surface area (Å²) in [6, 6.07) is 15.0. The van der Waals surface area contributed by atoms with Gasteiger partial charge in [0.1, 0.15) is 0 Å². The standard InChI is InChI=1S/C20H18Cl2N2O2/c1-13(14-5-3-2-4-6-14)24-19(25)9-10-20-23-12-18(26-20)16-8-7-15(21)11-17(16)22/h2-8,11-13H,9-10H2,1H3,(H,24,25). The summed E-state index contributed by atoms with van der Waals surface area (Å²) in [4.78, 5) is 16.4. The Morgan fingerprint density at radius 1 is 1.19 bits per heavy atom. The Morgan fingerprint density at radius 2 is 1.96 bits per heavy atom. The van der Waals surface area contributed by atoms with Gasteiger partial charge in [0.2, 0.25) is 5.91 Å². The summed E-state index contributed by atoms with van der Waals surface area (Å²) >= 11 is 12.1. The zero-order chi connectivity index (χ0) is 18.5. The van der Waals surface area contributed by atoms with Crippen LogP contribution >= 0.6 is 23.2 Å². The van der Waals surface area contributed by atoms with Gasteiger partial charge >= 0.3 is 0 Å². The quantitative estimate of drug-likeness (QED) is 0.609. The molecule has 1 N–H and O–H groups in total. The number of nitrogens with zero attached hydrogens (tertiary/aromatic N) is 1. The number of carbonyl (C=O) groups is 1. The van der Waals surface area contributed by atoms with Gasteiger partial charge in [-0.2, -0.15) is 0 Å². The number of carbonyl (C=O) groups excluding carboxylic acids is 1. The van der Waals surface area contributed by atoms with E-state index in [0.29, 0.717) is 34.5 Å². The topological polar surface area (TPSA) is 55.1 Å². The molecule has 3 rings (SSSR count). The summed E-state index contributed by atoms with van der Waals surface area (Å²) in [6.07, 6.45) is 2.32. The lowest BCUT2D eigenvalue weighted by Gasteiger charge is -2.13. The third-order valence-corrected chi connectivity index (χ3v) is 4.54. The van der Waals surface area contributed by atoms with Crippen LogP contribution in [0.4, 0.5) is 0 Å². The molecule has 0 saturated heterocycles. The first-order chi connectivity index (χ1) is 12.5. The van der Waals surface area contributed by atoms with Gasteiger partial charge in [0.05, 0.1) is 17.3 Å². The highest BCUT2D eigenvalue weighted by Crippen LogP contribution is 2.30. The van der Waals surface area contributed by atoms with Crippen molar-refractivity contribution in [2.24, 2.45) is 0 Å². The monoisotopic (exact) mass is 388 g/mol. The number of rotatable bonds is 6. The molecule has 0 bridgehead atoms. The van der Waals surface area contributed by atoms with Crippen LogP contribution in [0.15, 0.2) is 59.1 Å². The van der Waals surface area contributed by atoms with E-state index in [9.17, 15) is 4.79 Å². The number of hydrogen-bond donors (Lipinski definition) is 1. The summed E-state index contributed by atoms with van der Waals surface area (Å²) in [7, 11) is 0. The molecule has 1 atom stereocenters. The molecule has 0 fully saturated rings. The number of aromatic nitrogens is 1. The third-order valence-electron chi connectivity index (χ3n) is 3.99. The molecule has 0 saturated carbocycles. The lowest BCUT2D eigenvalue weighted by atomic mass is 10.1. The van der Waals surface area contributed by atoms with Crippen LogP contribution in [0.2, 0.25) is 10.0 Å². The molecule has 3 aromatic rings. The van der Waals surface area contributed by atoms with Gasteiger partial charge in [0.15, 0.2) is 11.7 Å². The molecule has 0 aliphatic heterocycles. The van der Waals surface area contributed by atoms with E-state index in [2.05, 4.69) is 10.3 Å². The maximum absolute atomic E-state index is 12.2. The summed E-state index contributed by atoms with van der Waals surface area (Å²) < 4.78 is 5.71. The van der Waals surface area contributed by atoms with Gasteiger partial charge in [-0.05, 0) is 30.7 Å². The summed E-state index contributed by atoms with van der Waals surface area (Å²) in [5, 5.41) is 4.03. The first kappa shape index (κ1) is 18.5. The average Bonchev–Trinajstić information content (AvgIpc) is 3.09. The van der Waals surface area contributed by atoms with Gasteiger partial charge in [-0.15, -0.1) is 0 Å². The van der Waals surface area contributed by atoms with E-state index >= 15 is 0 Å². The molecule has 2 aromatic carbocycles. The minimum Gasteiger partial charge on any atom is -0.441 e. The highest BCUT2D eigenvalue weighted by molar-refractivity contribution is 6.36. The van der Waals surface area contributed by atoms with Crippen LogP contribution in [0.25, 0.3) is 11.3 Å². The Kier molecular flexibility index (Phi) is 5.96. The van der Waals surface area contributed by atoms with Crippen molar-refractivity contribution in [2.45, 2.75) is 25.8 Å². The predicted octanol–water partition coefficient (Wildman–Crippen LogP) is 5.46. The van der Waals surface area contributed by atoms with Gasteiger partial charge in [0, 0.05) is 23.4 Å². The van der Waals surface area contributed by atoms with Crippen LogP contribution in [-0.2, 0) is 11.2 Å². The average molecular weight is 389 g/mol. The highest BCUT2D eigenvalue weighted by atomic mass is 35.5. The first-order valence-corrected chi connectivity index (χ1v) is 9.03. The second-order valence-electron chi connectivity index (χ2n) is 5.94. The van der Waals surface area contributed by atoms with Crippen LogP contribution in [0, 0.1) is 0 Å². The number of benzene rings is 2. The van der Waals surface area contributed by atoms with Crippen LogP contribution in [0.5, 0.6) is 0 Å². The minimum atomic E-state index is -0.0503. The number of halogens is 2. The van der Waals surface area contributed by atoms with E-state index in [-0.39, 0.29) is 11.9 Å². The molecule has 0 radical (unpaired) electrons. The Morgan fingerprint density at radius 3 is 2.69 bits per heavy atom. The van der Waals surface area contributed by atoms with Crippen LogP contribution in [0.3, 0.4) is 0 Å². The lowest BCUT2D eigenvalue weighted by molar-refractivity contribution is -0.121. The molecule has 1 aromatic heterocycles. The highest BCUT2D eigenvalue weighted by Gasteiger charge is 2.13. The number of oxazole rings is 1. The Balaban J connectivity index is 1.57. The molecular weight excluding hydrogens is 371 g/mol. The van der Waals surface area contributed by atoms with Crippen molar-refractivity contribution in [3.8, 4) is 11.3 Å². The zero-order valence-corrected chi connectivity index (χ0v) is 15.7. The van der Waals surface area contributed by atoms with Crippen molar-refractivity contribution in [3.63, 3.8) is 0 Å². The van der Waals surface area contributed by atoms with Crippen molar-refractivity contribution < 1.29 is 9.21 Å². The number of aryl methyl sites for hydroxylation is 1. The van der Waals surface area contributed by atoms with E-state index in [1.54, 1.807) is 24.4 Å². The molecular formula is C20H18Cl2N2O2. The fraction of sp³-hybridized carbons (Fsp3) is 0.200. The van der Waals surface area contributed by atoms with Crippen LogP contribution in [0.1, 0.15) is 30.8 Å². The van der Waals surface area contributed by atoms with E-state index in [1.807, 2.05) is 37.3 Å². The van der Waals surface area contributed by atoms with Gasteiger partial charge < -0.3 is 9.73 Å². The number of nitrogens with one attached hydrogen (secondary N) is 1. The normalized spacial score (nSPS) is 12.0. The van der Waals surface area contributed by atoms with Crippen LogP contribution < -0.4 is 5.32 Å². The van der Waals surface area contributed by atoms with E-state index < -0.39 is 0 Å². The van der Waals surface area contributed by atoms with Crippen molar-refractivity contribution in [3.05, 3.63) is 76.2 Å². The predicted molar refractivity (Wildman–Crippen MR) is 103 cm³/mol. The van der Waals surface area contributed by atoms with Gasteiger partial charge in [0.25, 0.3) is 0 Å². The molecule has 1 amide bonds. The smallest absolute Gasteiger partial charge is 0.220 e. The van der Waals surface area contributed by atoms with Gasteiger partial charge in [-0.1, -0.05) is 53.5 Å². The second kappa shape index (κ2) is 8.39. The van der Waals surface area contributed by atoms with E-state index in [1.165, 1.54) is 0 Å². The molecule has 1 heterocycles. The fourth-order valence-electron chi connectivity index (χ4n) is 2.60. The third kappa shape index (κ3) is 4.65. The maximum atomic E-state index is 12.2. The van der Waals surface area contributed by atoms with E-state index in [4.69, 9.17) is 27.6 Å². The lowest BCUT2D eigenvalue weighted by Crippen LogP contribution is -2.26. The summed E-state index contributed by atoms with van der Waals surface area (Å²) in [6.45, 7) is 1.96. The fourth-order valence-corrected chi connectivity index (χ4v) is 3.10. The largest absolute Gasteiger partial charge is 0.441 e. The minimum absolute atomic E-state index is 0.0447. The van der Waals surface area contributed by atoms with Gasteiger partial charge in [-0.3, -0.25) is 4.79 Å². The molecule has 0 spiro atoms. The molecule has 1 unspecified atom stereocenters. The van der Waals surface area contributed by atoms with Crippen molar-refractivity contribution in [1.82, 2.24) is 10.3 Å². The number of amides is 1. The van der Waals surface area contributed by atoms with Crippen molar-refractivity contribution in [2.75, 3.05) is 0 Å². The SMILES string of the molecule is CC(NC(=O)CCc1ncc(-c2ccc(Cl)cc2Cl)o1)c1ccccc1. The Labute approximate surface area is 162 Å². The molecule has 4 nitrogen and oxygen atoms in total. The van der Waals surface area contributed by atoms with Gasteiger partial charge in [-0.25, -0.2) is 4.98 Å². The molecule has 26 heavy (non-hydrogen) atoms. The Bertz CT molecular complexity index is 894. The first-order valence-electron chi connectivity index (χ1n) is 8.27. The zero-order valence-electron chi connectivity index (χ0n) is 14.2. The molecule has 0 aliphatic carbocycles. The molecule has 0 aliphatic rings. The summed E-state index contributed by atoms with van der Waals surface area (Å²) in [5.74, 6) is 0.999. The maximum Gasteiger partial charge on any atom is 0.220 e. The second-order valence-corrected chi connectivity index (χ2v) is 6.79. The number of hydrogen-bond acceptors (Lipinski definition) is 3. The Hall–Kier alpha value is -2.30.